The fourth-order valence-corrected chi connectivity index (χ4v) is 11.8. The molecule has 10 rings (SSSR count). The Kier molecular flexibility index (Phi) is 12.6. The van der Waals surface area contributed by atoms with Crippen molar-refractivity contribution >= 4 is 50.8 Å². The van der Waals surface area contributed by atoms with E-state index in [1.807, 2.05) is 69.4 Å². The van der Waals surface area contributed by atoms with Crippen LogP contribution < -0.4 is 4.40 Å². The first kappa shape index (κ1) is 44.3. The minimum Gasteiger partial charge on any atom is 0 e. The molecule has 1 radical (unpaired) electrons. The van der Waals surface area contributed by atoms with Crippen molar-refractivity contribution in [1.82, 2.24) is 19.5 Å². The van der Waals surface area contributed by atoms with Crippen LogP contribution in [0.5, 0.6) is 0 Å². The Labute approximate surface area is 401 Å². The van der Waals surface area contributed by atoms with Crippen molar-refractivity contribution in [3.63, 3.8) is 0 Å². The number of aryl methyl sites for hydroxylation is 1. The van der Waals surface area contributed by atoms with Crippen LogP contribution in [0.3, 0.4) is 0 Å². The molecule has 65 heavy (non-hydrogen) atoms. The Morgan fingerprint density at radius 2 is 1.35 bits per heavy atom. The normalized spacial score (nSPS) is 12.2. The van der Waals surface area contributed by atoms with Crippen LogP contribution in [0.4, 0.5) is 0 Å². The average molecular weight is 1090 g/mol. The average Bonchev–Trinajstić information content (AvgIpc) is 3.87. The fourth-order valence-electron chi connectivity index (χ4n) is 8.45. The Balaban J connectivity index is 0.000000238. The van der Waals surface area contributed by atoms with E-state index in [2.05, 4.69) is 169 Å². The van der Waals surface area contributed by atoms with Crippen LogP contribution >= 0.6 is 0 Å². The number of benzene rings is 6. The van der Waals surface area contributed by atoms with Crippen LogP contribution in [0.2, 0.25) is 17.3 Å². The van der Waals surface area contributed by atoms with Gasteiger partial charge in [-0.1, -0.05) is 105 Å². The van der Waals surface area contributed by atoms with Gasteiger partial charge in [-0.2, -0.15) is 0 Å². The molecular weight excluding hydrogens is 1030 g/mol. The van der Waals surface area contributed by atoms with Gasteiger partial charge >= 0.3 is 120 Å². The van der Waals surface area contributed by atoms with Crippen molar-refractivity contribution < 1.29 is 25.9 Å². The number of nitrogens with zero attached hydrogens (tertiary/aromatic N) is 4. The van der Waals surface area contributed by atoms with E-state index in [9.17, 15) is 0 Å². The molecule has 6 aromatic carbocycles. The summed E-state index contributed by atoms with van der Waals surface area (Å²) in [5, 5.41) is 1.98. The smallest absolute Gasteiger partial charge is 0 e. The van der Waals surface area contributed by atoms with E-state index >= 15 is 0 Å². The maximum absolute atomic E-state index is 8.44. The zero-order valence-corrected chi connectivity index (χ0v) is 43.0. The second-order valence-electron chi connectivity index (χ2n) is 18.8. The van der Waals surface area contributed by atoms with Crippen LogP contribution in [0.1, 0.15) is 58.7 Å². The van der Waals surface area contributed by atoms with Gasteiger partial charge < -0.3 is 8.98 Å². The predicted octanol–water partition coefficient (Wildman–Crippen LogP) is 14.9. The largest absolute Gasteiger partial charge is 0 e. The molecule has 0 bridgehead atoms. The first-order valence-corrected chi connectivity index (χ1v) is 29.4. The van der Waals surface area contributed by atoms with Crippen molar-refractivity contribution in [3.05, 3.63) is 187 Å². The van der Waals surface area contributed by atoms with Crippen LogP contribution in [-0.4, -0.2) is 32.8 Å². The number of aromatic nitrogens is 4. The third-order valence-electron chi connectivity index (χ3n) is 11.8. The van der Waals surface area contributed by atoms with Gasteiger partial charge in [-0.05, 0) is 65.4 Å². The second kappa shape index (κ2) is 18.5. The molecule has 0 N–H and O–H groups in total. The van der Waals surface area contributed by atoms with Crippen molar-refractivity contribution in [2.75, 3.05) is 0 Å². The number of furan rings is 1. The van der Waals surface area contributed by atoms with E-state index in [0.717, 1.165) is 89.2 Å². The third-order valence-corrected chi connectivity index (χ3v) is 16.1. The molecule has 0 aliphatic heterocycles. The summed E-state index contributed by atoms with van der Waals surface area (Å²) in [6.07, 6.45) is 2.00. The molecule has 0 amide bonds. The standard InChI is InChI=1S/C41H32N3O.C17H22GeN.Ir/c1-26-22-23-31-30-18-13-19-32(38(30)45-40(31)42-26)39-43-35-20-11-12-21-36(35)44(39)37-33(27-14-7-5-8-15-27)24-29(41(2,3)4)25-34(37)28-16-9-6-10-17-28;1-13(2)15-11-17(14-9-7-6-8-10-14)19-12-16(15)18(3,4)5;/h5-18,20-25H,1-4H3;6-9,11-13H,1-5H3;/q2*-1;/i;13D;. The topological polar surface area (TPSA) is 56.7 Å². The maximum Gasteiger partial charge on any atom is 0 e. The summed E-state index contributed by atoms with van der Waals surface area (Å²) in [5.41, 5.74) is 14.9. The molecule has 0 aliphatic rings. The molecule has 5 nitrogen and oxygen atoms in total. The second-order valence-corrected chi connectivity index (χ2v) is 29.4. The zero-order chi connectivity index (χ0) is 45.7. The Bertz CT molecular complexity index is 3260. The fraction of sp³-hybridized carbons (Fsp3) is 0.190. The minimum absolute atomic E-state index is 0. The summed E-state index contributed by atoms with van der Waals surface area (Å²) in [6.45, 7) is 12.7. The molecule has 0 aliphatic carbocycles. The van der Waals surface area contributed by atoms with Crippen LogP contribution in [0, 0.1) is 19.1 Å². The summed E-state index contributed by atoms with van der Waals surface area (Å²) in [5.74, 6) is 7.22. The molecule has 0 fully saturated rings. The molecule has 0 saturated heterocycles. The Hall–Kier alpha value is -5.92. The van der Waals surface area contributed by atoms with E-state index in [0.29, 0.717) is 5.71 Å². The molecule has 10 aromatic rings. The molecule has 4 heterocycles. The molecule has 327 valence electrons. The van der Waals surface area contributed by atoms with Gasteiger partial charge in [-0.3, -0.25) is 4.98 Å². The molecule has 0 saturated carbocycles. The third kappa shape index (κ3) is 9.18. The summed E-state index contributed by atoms with van der Waals surface area (Å²) < 4.78 is 18.6. The molecule has 0 spiro atoms. The van der Waals surface area contributed by atoms with E-state index in [4.69, 9.17) is 15.8 Å². The van der Waals surface area contributed by atoms with Gasteiger partial charge in [-0.25, -0.2) is 4.98 Å². The van der Waals surface area contributed by atoms with Crippen molar-refractivity contribution in [3.8, 4) is 50.6 Å². The number of hydrogen-bond acceptors (Lipinski definition) is 4. The van der Waals surface area contributed by atoms with Gasteiger partial charge in [0.05, 0.1) is 28.1 Å². The maximum atomic E-state index is 8.44. The number of pyridine rings is 2. The van der Waals surface area contributed by atoms with E-state index in [1.54, 1.807) is 0 Å². The Morgan fingerprint density at radius 1 is 0.708 bits per heavy atom. The van der Waals surface area contributed by atoms with Crippen LogP contribution in [0.25, 0.3) is 83.7 Å². The quantitative estimate of drug-likeness (QED) is 0.118. The molecule has 4 aromatic heterocycles. The van der Waals surface area contributed by atoms with Gasteiger partial charge in [0.25, 0.3) is 0 Å². The summed E-state index contributed by atoms with van der Waals surface area (Å²) in [7, 11) is 0. The zero-order valence-electron chi connectivity index (χ0n) is 39.5. The van der Waals surface area contributed by atoms with Gasteiger partial charge in [-0.15, -0.1) is 18.2 Å². The van der Waals surface area contributed by atoms with Crippen LogP contribution in [-0.2, 0) is 25.5 Å². The van der Waals surface area contributed by atoms with Gasteiger partial charge in [0.1, 0.15) is 0 Å². The number of fused-ring (bicyclic) bond motifs is 4. The molecule has 0 unspecified atom stereocenters. The molecule has 0 atom stereocenters. The number of rotatable bonds is 7. The molecule has 7 heteroatoms. The Morgan fingerprint density at radius 3 is 1.97 bits per heavy atom. The predicted molar refractivity (Wildman–Crippen MR) is 270 cm³/mol. The van der Waals surface area contributed by atoms with Crippen molar-refractivity contribution in [2.45, 2.75) is 70.1 Å². The first-order valence-electron chi connectivity index (χ1n) is 22.5. The number of imidazole rings is 1. The van der Waals surface area contributed by atoms with Crippen LogP contribution in [0.15, 0.2) is 162 Å². The first-order chi connectivity index (χ1) is 31.1. The van der Waals surface area contributed by atoms with E-state index < -0.39 is 19.2 Å². The summed E-state index contributed by atoms with van der Waals surface area (Å²) in [6, 6.07) is 59.2. The monoisotopic (exact) mass is 1090 g/mol. The minimum atomic E-state index is -2.03. The summed E-state index contributed by atoms with van der Waals surface area (Å²) >= 11 is -2.03. The summed E-state index contributed by atoms with van der Waals surface area (Å²) in [4.78, 5) is 14.6. The SMILES string of the molecule is Cc1ccc2c(n1)oc1c(-c3nc4ccccc4n3-c3c(-c4ccccc4)cc(C(C)(C)C)cc3-c3ccccc3)[c-]ccc12.[2H]C(C)(C)c1cc(-c2[c-]cccc2)nc[c]1[Ge]([CH3])([CH3])[CH3].[Ir]. The van der Waals surface area contributed by atoms with Crippen molar-refractivity contribution in [2.24, 2.45) is 0 Å². The number of hydrogen-bond donors (Lipinski definition) is 0. The van der Waals surface area contributed by atoms with Gasteiger partial charge in [0.15, 0.2) is 0 Å². The van der Waals surface area contributed by atoms with E-state index in [1.165, 1.54) is 9.96 Å². The van der Waals surface area contributed by atoms with Crippen molar-refractivity contribution in [1.29, 1.82) is 0 Å². The number of para-hydroxylation sites is 2. The molecular formula is C58H54GeIrN4O-2. The van der Waals surface area contributed by atoms with E-state index in [-0.39, 0.29) is 25.5 Å². The van der Waals surface area contributed by atoms with Gasteiger partial charge in [0, 0.05) is 42.3 Å². The van der Waals surface area contributed by atoms with Gasteiger partial charge in [0.2, 0.25) is 5.71 Å².